The van der Waals surface area contributed by atoms with Crippen LogP contribution in [0.4, 0.5) is 0 Å². The highest BCUT2D eigenvalue weighted by Gasteiger charge is 2.27. The van der Waals surface area contributed by atoms with Crippen LogP contribution in [0.2, 0.25) is 0 Å². The van der Waals surface area contributed by atoms with Gasteiger partial charge in [-0.05, 0) is 36.8 Å². The lowest BCUT2D eigenvalue weighted by Gasteiger charge is -2.28. The Morgan fingerprint density at radius 2 is 1.89 bits per heavy atom. The first kappa shape index (κ1) is 14.9. The predicted molar refractivity (Wildman–Crippen MR) is 82.0 cm³/mol. The predicted octanol–water partition coefficient (Wildman–Crippen LogP) is 4.34. The molecule has 0 N–H and O–H groups in total. The van der Waals surface area contributed by atoms with Crippen molar-refractivity contribution in [3.63, 3.8) is 0 Å². The Kier molecular flexibility index (Phi) is 4.57. The topological polar surface area (TPSA) is 20.3 Å². The lowest BCUT2D eigenvalue weighted by molar-refractivity contribution is -0.131. The summed E-state index contributed by atoms with van der Waals surface area (Å²) in [7, 11) is 0. The normalized spacial score (nSPS) is 18.4. The van der Waals surface area contributed by atoms with Gasteiger partial charge in [-0.3, -0.25) is 4.79 Å². The van der Waals surface area contributed by atoms with Gasteiger partial charge in [-0.1, -0.05) is 20.8 Å². The summed E-state index contributed by atoms with van der Waals surface area (Å²) in [6.45, 7) is 8.26. The van der Waals surface area contributed by atoms with Crippen molar-refractivity contribution in [2.24, 2.45) is 0 Å². The average molecular weight is 300 g/mol. The van der Waals surface area contributed by atoms with Crippen LogP contribution in [0.3, 0.4) is 0 Å². The molecule has 1 saturated heterocycles. The van der Waals surface area contributed by atoms with Gasteiger partial charge in [0.2, 0.25) is 5.91 Å². The first-order valence-corrected chi connectivity index (χ1v) is 8.18. The van der Waals surface area contributed by atoms with E-state index in [0.717, 1.165) is 30.8 Å². The molecular weight excluding hydrogens is 278 g/mol. The number of piperidine rings is 1. The standard InChI is InChI=1S/C15H22ClNOS/c1-15(2,3)12-8-7-11(19-12)13(16)14(18)17-9-5-4-6-10-17/h7-8,13H,4-6,9-10H2,1-3H3. The molecule has 0 aliphatic carbocycles. The van der Waals surface area contributed by atoms with E-state index in [0.29, 0.717) is 0 Å². The molecular formula is C15H22ClNOS. The van der Waals surface area contributed by atoms with E-state index < -0.39 is 5.38 Å². The Hall–Kier alpha value is -0.540. The van der Waals surface area contributed by atoms with Crippen molar-refractivity contribution in [1.29, 1.82) is 0 Å². The smallest absolute Gasteiger partial charge is 0.246 e. The monoisotopic (exact) mass is 299 g/mol. The summed E-state index contributed by atoms with van der Waals surface area (Å²) in [5.41, 5.74) is 0.119. The van der Waals surface area contributed by atoms with Crippen molar-refractivity contribution in [3.8, 4) is 0 Å². The third kappa shape index (κ3) is 3.51. The molecule has 0 radical (unpaired) electrons. The number of halogens is 1. The molecule has 1 fully saturated rings. The molecule has 0 spiro atoms. The number of carbonyl (C=O) groups is 1. The van der Waals surface area contributed by atoms with Crippen LogP contribution in [0, 0.1) is 0 Å². The number of hydrogen-bond acceptors (Lipinski definition) is 2. The highest BCUT2D eigenvalue weighted by molar-refractivity contribution is 7.12. The van der Waals surface area contributed by atoms with Gasteiger partial charge in [0.1, 0.15) is 5.38 Å². The average Bonchev–Trinajstić information content (AvgIpc) is 2.87. The van der Waals surface area contributed by atoms with E-state index in [-0.39, 0.29) is 11.3 Å². The summed E-state index contributed by atoms with van der Waals surface area (Å²) < 4.78 is 0. The zero-order valence-corrected chi connectivity index (χ0v) is 13.5. The van der Waals surface area contributed by atoms with Crippen molar-refractivity contribution in [2.45, 2.75) is 50.8 Å². The van der Waals surface area contributed by atoms with Crippen LogP contribution in [-0.4, -0.2) is 23.9 Å². The maximum Gasteiger partial charge on any atom is 0.246 e. The second-order valence-electron chi connectivity index (χ2n) is 6.20. The zero-order chi connectivity index (χ0) is 14.0. The van der Waals surface area contributed by atoms with Crippen LogP contribution in [0.5, 0.6) is 0 Å². The summed E-state index contributed by atoms with van der Waals surface area (Å²) >= 11 is 8.03. The lowest BCUT2D eigenvalue weighted by Crippen LogP contribution is -2.37. The van der Waals surface area contributed by atoms with Crippen LogP contribution in [0.15, 0.2) is 12.1 Å². The van der Waals surface area contributed by atoms with E-state index in [4.69, 9.17) is 11.6 Å². The summed E-state index contributed by atoms with van der Waals surface area (Å²) in [4.78, 5) is 16.5. The molecule has 1 aliphatic heterocycles. The molecule has 0 aromatic carbocycles. The maximum absolute atomic E-state index is 12.4. The van der Waals surface area contributed by atoms with Gasteiger partial charge in [-0.25, -0.2) is 0 Å². The summed E-state index contributed by atoms with van der Waals surface area (Å²) in [6, 6.07) is 4.10. The van der Waals surface area contributed by atoms with Crippen molar-refractivity contribution in [2.75, 3.05) is 13.1 Å². The van der Waals surface area contributed by atoms with Gasteiger partial charge in [-0.2, -0.15) is 0 Å². The van der Waals surface area contributed by atoms with Crippen molar-refractivity contribution in [1.82, 2.24) is 4.90 Å². The molecule has 4 heteroatoms. The molecule has 1 unspecified atom stereocenters. The Morgan fingerprint density at radius 3 is 2.42 bits per heavy atom. The molecule has 106 valence electrons. The van der Waals surface area contributed by atoms with Crippen LogP contribution < -0.4 is 0 Å². The first-order valence-electron chi connectivity index (χ1n) is 6.92. The van der Waals surface area contributed by atoms with Gasteiger partial charge >= 0.3 is 0 Å². The minimum Gasteiger partial charge on any atom is -0.341 e. The van der Waals surface area contributed by atoms with E-state index in [9.17, 15) is 4.79 Å². The van der Waals surface area contributed by atoms with E-state index in [1.807, 2.05) is 11.0 Å². The van der Waals surface area contributed by atoms with Crippen LogP contribution >= 0.6 is 22.9 Å². The number of alkyl halides is 1. The molecule has 1 amide bonds. The van der Waals surface area contributed by atoms with Gasteiger partial charge in [-0.15, -0.1) is 22.9 Å². The Bertz CT molecular complexity index is 443. The van der Waals surface area contributed by atoms with Gasteiger partial charge in [0, 0.05) is 22.8 Å². The second-order valence-corrected chi connectivity index (χ2v) is 7.75. The summed E-state index contributed by atoms with van der Waals surface area (Å²) in [6.07, 6.45) is 3.43. The number of rotatable bonds is 2. The summed E-state index contributed by atoms with van der Waals surface area (Å²) in [5, 5.41) is -0.515. The molecule has 2 rings (SSSR count). The van der Waals surface area contributed by atoms with Crippen LogP contribution in [0.1, 0.15) is 55.2 Å². The lowest BCUT2D eigenvalue weighted by atomic mass is 9.95. The Balaban J connectivity index is 2.08. The molecule has 1 aromatic heterocycles. The highest BCUT2D eigenvalue weighted by atomic mass is 35.5. The van der Waals surface area contributed by atoms with Gasteiger partial charge in [0.15, 0.2) is 0 Å². The first-order chi connectivity index (χ1) is 8.89. The molecule has 2 heterocycles. The highest BCUT2D eigenvalue weighted by Crippen LogP contribution is 2.35. The van der Waals surface area contributed by atoms with Gasteiger partial charge in [0.25, 0.3) is 0 Å². The third-order valence-corrected chi connectivity index (χ3v) is 5.63. The van der Waals surface area contributed by atoms with E-state index in [1.165, 1.54) is 11.3 Å². The molecule has 1 aliphatic rings. The minimum atomic E-state index is -0.515. The molecule has 19 heavy (non-hydrogen) atoms. The number of amides is 1. The van der Waals surface area contributed by atoms with Crippen LogP contribution in [0.25, 0.3) is 0 Å². The van der Waals surface area contributed by atoms with Crippen molar-refractivity contribution < 1.29 is 4.79 Å². The number of thiophene rings is 1. The quantitative estimate of drug-likeness (QED) is 0.744. The minimum absolute atomic E-state index is 0.0728. The van der Waals surface area contributed by atoms with Gasteiger partial charge in [0.05, 0.1) is 0 Å². The van der Waals surface area contributed by atoms with Crippen molar-refractivity contribution in [3.05, 3.63) is 21.9 Å². The molecule has 0 bridgehead atoms. The fourth-order valence-electron chi connectivity index (χ4n) is 2.29. The fourth-order valence-corrected chi connectivity index (χ4v) is 3.67. The molecule has 1 aromatic rings. The van der Waals surface area contributed by atoms with Gasteiger partial charge < -0.3 is 4.90 Å². The maximum atomic E-state index is 12.4. The Labute approximate surface area is 124 Å². The molecule has 1 atom stereocenters. The SMILES string of the molecule is CC(C)(C)c1ccc(C(Cl)C(=O)N2CCCCC2)s1. The third-order valence-electron chi connectivity index (χ3n) is 3.50. The van der Waals surface area contributed by atoms with E-state index >= 15 is 0 Å². The largest absolute Gasteiger partial charge is 0.341 e. The van der Waals surface area contributed by atoms with Crippen LogP contribution in [-0.2, 0) is 10.2 Å². The number of carbonyl (C=O) groups excluding carboxylic acids is 1. The fraction of sp³-hybridized carbons (Fsp3) is 0.667. The van der Waals surface area contributed by atoms with E-state index in [1.54, 1.807) is 11.3 Å². The number of likely N-dealkylation sites (tertiary alicyclic amines) is 1. The number of nitrogens with zero attached hydrogens (tertiary/aromatic N) is 1. The van der Waals surface area contributed by atoms with E-state index in [2.05, 4.69) is 26.8 Å². The zero-order valence-electron chi connectivity index (χ0n) is 11.9. The Morgan fingerprint density at radius 1 is 1.26 bits per heavy atom. The second kappa shape index (κ2) is 5.84. The molecule has 0 saturated carbocycles. The number of hydrogen-bond donors (Lipinski definition) is 0. The van der Waals surface area contributed by atoms with Crippen molar-refractivity contribution >= 4 is 28.8 Å². The molecule has 2 nitrogen and oxygen atoms in total. The summed E-state index contributed by atoms with van der Waals surface area (Å²) in [5.74, 6) is 0.0728.